The quantitative estimate of drug-likeness (QED) is 0.291. The van der Waals surface area contributed by atoms with Gasteiger partial charge in [0, 0.05) is 0 Å². The first-order chi connectivity index (χ1) is 9.30. The summed E-state index contributed by atoms with van der Waals surface area (Å²) in [6, 6.07) is 0. The summed E-state index contributed by atoms with van der Waals surface area (Å²) < 4.78 is 66.9. The molecule has 0 bridgehead atoms. The van der Waals surface area contributed by atoms with Crippen LogP contribution in [0.3, 0.4) is 0 Å². The van der Waals surface area contributed by atoms with Crippen LogP contribution in [0.25, 0.3) is 0 Å². The molecule has 0 saturated heterocycles. The first kappa shape index (κ1) is 24.6. The van der Waals surface area contributed by atoms with Gasteiger partial charge in [-0.3, -0.25) is 0 Å². The van der Waals surface area contributed by atoms with Crippen molar-refractivity contribution in [3.05, 3.63) is 23.3 Å². The molecule has 0 spiro atoms. The third-order valence-corrected chi connectivity index (χ3v) is 3.54. The molecule has 0 aromatic rings. The van der Waals surface area contributed by atoms with Crippen LogP contribution in [0, 0.1) is 0 Å². The van der Waals surface area contributed by atoms with Crippen LogP contribution >= 0.6 is 0 Å². The van der Waals surface area contributed by atoms with Crippen molar-refractivity contribution >= 4 is 7.12 Å². The van der Waals surface area contributed by atoms with Crippen molar-refractivity contribution in [2.24, 2.45) is 0 Å². The third-order valence-electron chi connectivity index (χ3n) is 3.54. The monoisotopic (exact) mass is 310 g/mol. The van der Waals surface area contributed by atoms with Crippen molar-refractivity contribution in [3.63, 3.8) is 0 Å². The van der Waals surface area contributed by atoms with Crippen molar-refractivity contribution in [3.8, 4) is 0 Å². The average molecular weight is 310 g/mol. The van der Waals surface area contributed by atoms with Crippen LogP contribution in [0.2, 0.25) is 5.31 Å². The topological polar surface area (TPSA) is 46.1 Å². The molecule has 0 saturated carbocycles. The van der Waals surface area contributed by atoms with E-state index >= 15 is 0 Å². The number of rotatable bonds is 6. The van der Waals surface area contributed by atoms with Gasteiger partial charge >= 0.3 is 37.7 Å². The van der Waals surface area contributed by atoms with Gasteiger partial charge in [0.05, 0.1) is 0 Å². The zero-order valence-electron chi connectivity index (χ0n) is 12.9. The average Bonchev–Trinajstić information content (AvgIpc) is 2.42. The van der Waals surface area contributed by atoms with E-state index in [0.29, 0.717) is 12.8 Å². The van der Waals surface area contributed by atoms with Gasteiger partial charge < -0.3 is 10.0 Å². The first-order valence-electron chi connectivity index (χ1n) is 6.37. The van der Waals surface area contributed by atoms with E-state index in [1.165, 1.54) is 0 Å². The second kappa shape index (κ2) is 10.2. The third kappa shape index (κ3) is 4.44. The van der Waals surface area contributed by atoms with Crippen LogP contribution in [-0.2, 0) is 0 Å². The summed E-state index contributed by atoms with van der Waals surface area (Å²) in [4.78, 5) is 0. The molecule has 0 amide bonds. The summed E-state index contributed by atoms with van der Waals surface area (Å²) >= 11 is 0. The fourth-order valence-electron chi connectivity index (χ4n) is 2.28. The molecule has 0 aliphatic heterocycles. The SMILES string of the molecule is CCCCCCC1(B([O-])[O-])C(F)=C(F)C(F)=C(F)C1F.[Li+].[Li+]. The second-order valence-electron chi connectivity index (χ2n) is 4.84. The maximum absolute atomic E-state index is 13.8. The smallest absolute Gasteiger partial charge is 0.892 e. The first-order valence-corrected chi connectivity index (χ1v) is 6.37. The maximum Gasteiger partial charge on any atom is 1.00 e. The Morgan fingerprint density at radius 2 is 1.55 bits per heavy atom. The van der Waals surface area contributed by atoms with Crippen molar-refractivity contribution in [2.45, 2.75) is 50.5 Å². The normalized spacial score (nSPS) is 24.8. The van der Waals surface area contributed by atoms with Gasteiger partial charge in [-0.15, -0.1) is 0 Å². The van der Waals surface area contributed by atoms with Crippen LogP contribution in [0.5, 0.6) is 0 Å². The molecule has 0 aromatic heterocycles. The Morgan fingerprint density at radius 3 is 2.00 bits per heavy atom. The van der Waals surface area contributed by atoms with Gasteiger partial charge in [0.25, 0.3) is 0 Å². The molecule has 0 radical (unpaired) electrons. The molecule has 2 atom stereocenters. The molecule has 1 aliphatic carbocycles. The molecule has 114 valence electrons. The Morgan fingerprint density at radius 1 is 1.00 bits per heavy atom. The molecule has 22 heavy (non-hydrogen) atoms. The summed E-state index contributed by atoms with van der Waals surface area (Å²) in [5.41, 5.74) is 0. The zero-order valence-corrected chi connectivity index (χ0v) is 12.9. The van der Waals surface area contributed by atoms with Gasteiger partial charge in [0.15, 0.2) is 23.7 Å². The van der Waals surface area contributed by atoms with E-state index in [9.17, 15) is 32.0 Å². The van der Waals surface area contributed by atoms with Gasteiger partial charge in [-0.25, -0.2) is 22.0 Å². The fraction of sp³-hybridized carbons (Fsp3) is 0.667. The summed E-state index contributed by atoms with van der Waals surface area (Å²) in [6.07, 6.45) is -1.81. The van der Waals surface area contributed by atoms with Gasteiger partial charge in [-0.2, -0.15) is 0 Å². The largest absolute Gasteiger partial charge is 1.00 e. The van der Waals surface area contributed by atoms with Gasteiger partial charge in [-0.05, 0) is 11.7 Å². The van der Waals surface area contributed by atoms with Gasteiger partial charge in [0.2, 0.25) is 0 Å². The molecule has 2 unspecified atom stereocenters. The Balaban J connectivity index is 0. The van der Waals surface area contributed by atoms with Crippen LogP contribution < -0.4 is 47.8 Å². The Hall–Kier alpha value is 0.310. The van der Waals surface area contributed by atoms with E-state index in [-0.39, 0.29) is 44.1 Å². The van der Waals surface area contributed by atoms with Gasteiger partial charge in [0.1, 0.15) is 5.83 Å². The Kier molecular flexibility index (Phi) is 11.4. The van der Waals surface area contributed by atoms with Crippen LogP contribution in [0.1, 0.15) is 39.0 Å². The zero-order chi connectivity index (χ0) is 15.5. The van der Waals surface area contributed by atoms with E-state index in [1.54, 1.807) is 0 Å². The number of alkyl halides is 1. The van der Waals surface area contributed by atoms with Crippen molar-refractivity contribution in [1.29, 1.82) is 0 Å². The minimum Gasteiger partial charge on any atom is -0.892 e. The molecule has 0 N–H and O–H groups in total. The molecule has 0 aromatic carbocycles. The minimum atomic E-state index is -3.18. The molecule has 0 heterocycles. The van der Waals surface area contributed by atoms with Crippen LogP contribution in [0.4, 0.5) is 22.0 Å². The molecule has 10 heteroatoms. The summed E-state index contributed by atoms with van der Waals surface area (Å²) in [5, 5.41) is 19.2. The van der Waals surface area contributed by atoms with E-state index in [0.717, 1.165) is 6.42 Å². The number of allylic oxidation sites excluding steroid dienone is 4. The van der Waals surface area contributed by atoms with Gasteiger partial charge in [-0.1, -0.05) is 39.7 Å². The number of halogens is 5. The van der Waals surface area contributed by atoms with Crippen molar-refractivity contribution in [1.82, 2.24) is 0 Å². The molecular formula is C12H14BF5Li2O2. The molecule has 2 nitrogen and oxygen atoms in total. The second-order valence-corrected chi connectivity index (χ2v) is 4.84. The predicted molar refractivity (Wildman–Crippen MR) is 60.6 cm³/mol. The minimum absolute atomic E-state index is 0. The van der Waals surface area contributed by atoms with E-state index in [1.807, 2.05) is 6.92 Å². The molecule has 1 aliphatic rings. The van der Waals surface area contributed by atoms with Crippen molar-refractivity contribution < 1.29 is 69.7 Å². The molecular weight excluding hydrogens is 296 g/mol. The Labute approximate surface area is 150 Å². The maximum atomic E-state index is 13.8. The molecule has 1 rings (SSSR count). The van der Waals surface area contributed by atoms with Crippen molar-refractivity contribution in [2.75, 3.05) is 0 Å². The Bertz CT molecular complexity index is 434. The predicted octanol–water partition coefficient (Wildman–Crippen LogP) is -3.43. The van der Waals surface area contributed by atoms with E-state index < -0.39 is 48.3 Å². The summed E-state index contributed by atoms with van der Waals surface area (Å²) in [6.45, 7) is 1.86. The fourth-order valence-corrected chi connectivity index (χ4v) is 2.28. The molecule has 0 fully saturated rings. The van der Waals surface area contributed by atoms with Crippen LogP contribution in [0.15, 0.2) is 23.3 Å². The summed E-state index contributed by atoms with van der Waals surface area (Å²) in [7, 11) is -3.18. The standard InChI is InChI=1S/C12H14BF5O2.2Li/c1-2-3-4-5-6-12(13(19)20)10(17)8(15)7(14)9(16)11(12)18;;/h10H,2-6H2,1H3;;/q-2;2*+1. The van der Waals surface area contributed by atoms with Crippen LogP contribution in [-0.4, -0.2) is 13.3 Å². The van der Waals surface area contributed by atoms with E-state index in [2.05, 4.69) is 0 Å². The number of hydrogen-bond acceptors (Lipinski definition) is 2. The number of unbranched alkanes of at least 4 members (excludes halogenated alkanes) is 3. The van der Waals surface area contributed by atoms with E-state index in [4.69, 9.17) is 0 Å². The number of hydrogen-bond donors (Lipinski definition) is 0. The summed E-state index contributed by atoms with van der Waals surface area (Å²) in [5.74, 6) is -8.95.